The summed E-state index contributed by atoms with van der Waals surface area (Å²) in [5, 5.41) is 4.96. The maximum atomic E-state index is 6.10. The van der Waals surface area contributed by atoms with Gasteiger partial charge in [-0.05, 0) is 61.0 Å². The van der Waals surface area contributed by atoms with Crippen molar-refractivity contribution in [1.82, 2.24) is 4.90 Å². The van der Waals surface area contributed by atoms with E-state index in [1.165, 1.54) is 24.1 Å². The molecule has 3 rings (SSSR count). The molecule has 0 aliphatic carbocycles. The first kappa shape index (κ1) is 19.0. The summed E-state index contributed by atoms with van der Waals surface area (Å²) in [6.07, 6.45) is 3.61. The molecule has 0 radical (unpaired) electrons. The van der Waals surface area contributed by atoms with E-state index in [1.807, 2.05) is 18.2 Å². The van der Waals surface area contributed by atoms with E-state index in [-0.39, 0.29) is 0 Å². The maximum Gasteiger partial charge on any atom is 0.173 e. The molecule has 2 aromatic rings. The Bertz CT molecular complexity index is 724. The number of unbranched alkanes of at least 4 members (excludes halogenated alkanes) is 1. The van der Waals surface area contributed by atoms with Gasteiger partial charge in [-0.25, -0.2) is 0 Å². The van der Waals surface area contributed by atoms with Crippen molar-refractivity contribution in [2.45, 2.75) is 26.2 Å². The van der Waals surface area contributed by atoms with E-state index < -0.39 is 0 Å². The number of rotatable bonds is 5. The monoisotopic (exact) mass is 387 g/mol. The maximum absolute atomic E-state index is 6.10. The molecule has 26 heavy (non-hydrogen) atoms. The van der Waals surface area contributed by atoms with Gasteiger partial charge in [0.05, 0.1) is 0 Å². The van der Waals surface area contributed by atoms with Crippen molar-refractivity contribution in [2.24, 2.45) is 0 Å². The molecule has 0 bridgehead atoms. The molecule has 5 heteroatoms. The van der Waals surface area contributed by atoms with Crippen molar-refractivity contribution in [1.29, 1.82) is 0 Å². The van der Waals surface area contributed by atoms with E-state index in [1.54, 1.807) is 0 Å². The summed E-state index contributed by atoms with van der Waals surface area (Å²) >= 11 is 11.7. The van der Waals surface area contributed by atoms with Crippen LogP contribution in [0.3, 0.4) is 0 Å². The van der Waals surface area contributed by atoms with Crippen LogP contribution in [0, 0.1) is 0 Å². The molecule has 0 atom stereocenters. The zero-order chi connectivity index (χ0) is 18.4. The molecule has 1 aliphatic rings. The Morgan fingerprint density at radius 1 is 1.08 bits per heavy atom. The van der Waals surface area contributed by atoms with Gasteiger partial charge in [0.1, 0.15) is 0 Å². The van der Waals surface area contributed by atoms with Gasteiger partial charge in [0.15, 0.2) is 5.11 Å². The molecule has 3 nitrogen and oxygen atoms in total. The second-order valence-electron chi connectivity index (χ2n) is 6.68. The number of piperazine rings is 1. The van der Waals surface area contributed by atoms with Crippen LogP contribution in [0.25, 0.3) is 0 Å². The third-order valence-electron chi connectivity index (χ3n) is 4.76. The minimum absolute atomic E-state index is 0.782. The number of hydrogen-bond acceptors (Lipinski definition) is 2. The summed E-state index contributed by atoms with van der Waals surface area (Å²) in [6, 6.07) is 16.7. The first-order valence-electron chi connectivity index (χ1n) is 9.31. The number of anilines is 2. The second-order valence-corrected chi connectivity index (χ2v) is 7.51. The molecule has 0 unspecified atom stereocenters. The van der Waals surface area contributed by atoms with Crippen LogP contribution in [0.4, 0.5) is 11.4 Å². The van der Waals surface area contributed by atoms with Gasteiger partial charge in [-0.1, -0.05) is 43.1 Å². The molecule has 0 saturated carbocycles. The summed E-state index contributed by atoms with van der Waals surface area (Å²) < 4.78 is 0. The average molecular weight is 388 g/mol. The van der Waals surface area contributed by atoms with Gasteiger partial charge in [-0.2, -0.15) is 0 Å². The normalized spacial score (nSPS) is 14.4. The second kappa shape index (κ2) is 9.24. The number of nitrogens with zero attached hydrogens (tertiary/aromatic N) is 2. The molecule has 0 spiro atoms. The molecule has 1 aliphatic heterocycles. The van der Waals surface area contributed by atoms with Crippen molar-refractivity contribution >= 4 is 40.3 Å². The van der Waals surface area contributed by atoms with E-state index in [2.05, 4.69) is 52.4 Å². The molecule has 0 aromatic heterocycles. The number of nitrogens with one attached hydrogen (secondary N) is 1. The lowest BCUT2D eigenvalue weighted by molar-refractivity contribution is 0.391. The zero-order valence-electron chi connectivity index (χ0n) is 15.2. The molecule has 1 saturated heterocycles. The zero-order valence-corrected chi connectivity index (χ0v) is 16.8. The van der Waals surface area contributed by atoms with E-state index in [4.69, 9.17) is 23.8 Å². The van der Waals surface area contributed by atoms with Crippen LogP contribution in [0.2, 0.25) is 5.02 Å². The molecule has 0 amide bonds. The average Bonchev–Trinajstić information content (AvgIpc) is 2.67. The predicted molar refractivity (Wildman–Crippen MR) is 117 cm³/mol. The van der Waals surface area contributed by atoms with Crippen molar-refractivity contribution in [3.8, 4) is 0 Å². The van der Waals surface area contributed by atoms with Crippen molar-refractivity contribution in [2.75, 3.05) is 36.4 Å². The van der Waals surface area contributed by atoms with Crippen molar-refractivity contribution in [3.05, 3.63) is 59.1 Å². The fourth-order valence-corrected chi connectivity index (χ4v) is 3.66. The van der Waals surface area contributed by atoms with E-state index in [0.717, 1.165) is 48.4 Å². The standard InChI is InChI=1S/C21H26ClN3S/c1-2-3-5-17-8-10-19(11-9-17)23-21(26)25-14-12-24(13-15-25)20-7-4-6-18(22)16-20/h4,6-11,16H,2-3,5,12-15H2,1H3,(H,23,26). The van der Waals surface area contributed by atoms with Crippen LogP contribution in [0.15, 0.2) is 48.5 Å². The van der Waals surface area contributed by atoms with Crippen LogP contribution < -0.4 is 10.2 Å². The van der Waals surface area contributed by atoms with Gasteiger partial charge in [0, 0.05) is 42.6 Å². The Kier molecular flexibility index (Phi) is 6.75. The lowest BCUT2D eigenvalue weighted by atomic mass is 10.1. The Morgan fingerprint density at radius 3 is 2.46 bits per heavy atom. The highest BCUT2D eigenvalue weighted by Gasteiger charge is 2.19. The summed E-state index contributed by atoms with van der Waals surface area (Å²) in [5.74, 6) is 0. The summed E-state index contributed by atoms with van der Waals surface area (Å²) in [6.45, 7) is 5.93. The van der Waals surface area contributed by atoms with Gasteiger partial charge in [0.25, 0.3) is 0 Å². The number of hydrogen-bond donors (Lipinski definition) is 1. The Morgan fingerprint density at radius 2 is 1.81 bits per heavy atom. The Balaban J connectivity index is 1.50. The van der Waals surface area contributed by atoms with E-state index >= 15 is 0 Å². The SMILES string of the molecule is CCCCc1ccc(NC(=S)N2CCN(c3cccc(Cl)c3)CC2)cc1. The topological polar surface area (TPSA) is 18.5 Å². The lowest BCUT2D eigenvalue weighted by Crippen LogP contribution is -2.50. The minimum atomic E-state index is 0.782. The van der Waals surface area contributed by atoms with Gasteiger partial charge in [-0.3, -0.25) is 0 Å². The predicted octanol–water partition coefficient (Wildman–Crippen LogP) is 5.20. The third-order valence-corrected chi connectivity index (χ3v) is 5.36. The van der Waals surface area contributed by atoms with Crippen LogP contribution in [0.1, 0.15) is 25.3 Å². The lowest BCUT2D eigenvalue weighted by Gasteiger charge is -2.37. The van der Waals surface area contributed by atoms with Gasteiger partial charge >= 0.3 is 0 Å². The number of halogens is 1. The number of aryl methyl sites for hydroxylation is 1. The molecule has 138 valence electrons. The van der Waals surface area contributed by atoms with E-state index in [9.17, 15) is 0 Å². The van der Waals surface area contributed by atoms with Crippen LogP contribution >= 0.6 is 23.8 Å². The smallest absolute Gasteiger partial charge is 0.173 e. The van der Waals surface area contributed by atoms with Crippen LogP contribution in [-0.2, 0) is 6.42 Å². The Labute approximate surface area is 166 Å². The molecular weight excluding hydrogens is 362 g/mol. The van der Waals surface area contributed by atoms with Gasteiger partial charge < -0.3 is 15.1 Å². The van der Waals surface area contributed by atoms with Crippen molar-refractivity contribution in [3.63, 3.8) is 0 Å². The largest absolute Gasteiger partial charge is 0.368 e. The van der Waals surface area contributed by atoms with E-state index in [0.29, 0.717) is 0 Å². The first-order chi connectivity index (χ1) is 12.7. The number of benzene rings is 2. The summed E-state index contributed by atoms with van der Waals surface area (Å²) in [5.41, 5.74) is 3.63. The third kappa shape index (κ3) is 5.12. The van der Waals surface area contributed by atoms with Gasteiger partial charge in [-0.15, -0.1) is 0 Å². The van der Waals surface area contributed by atoms with Crippen molar-refractivity contribution < 1.29 is 0 Å². The summed E-state index contributed by atoms with van der Waals surface area (Å²) in [4.78, 5) is 4.59. The highest BCUT2D eigenvalue weighted by Crippen LogP contribution is 2.21. The molecule has 1 N–H and O–H groups in total. The number of thiocarbonyl (C=S) groups is 1. The fourth-order valence-electron chi connectivity index (χ4n) is 3.18. The highest BCUT2D eigenvalue weighted by atomic mass is 35.5. The van der Waals surface area contributed by atoms with Crippen LogP contribution in [-0.4, -0.2) is 36.2 Å². The fraction of sp³-hybridized carbons (Fsp3) is 0.381. The molecule has 1 fully saturated rings. The quantitative estimate of drug-likeness (QED) is 0.710. The summed E-state index contributed by atoms with van der Waals surface area (Å²) in [7, 11) is 0. The highest BCUT2D eigenvalue weighted by molar-refractivity contribution is 7.80. The Hall–Kier alpha value is -1.78. The molecule has 1 heterocycles. The molecule has 2 aromatic carbocycles. The minimum Gasteiger partial charge on any atom is -0.368 e. The first-order valence-corrected chi connectivity index (χ1v) is 10.1. The van der Waals surface area contributed by atoms with Crippen LogP contribution in [0.5, 0.6) is 0 Å². The van der Waals surface area contributed by atoms with Gasteiger partial charge in [0.2, 0.25) is 0 Å². The molecular formula is C21H26ClN3S.